The van der Waals surface area contributed by atoms with Crippen LogP contribution in [0, 0.1) is 12.7 Å². The molecule has 0 unspecified atom stereocenters. The first-order chi connectivity index (χ1) is 15.1. The number of amides is 1. The van der Waals surface area contributed by atoms with Crippen LogP contribution in [0.2, 0.25) is 0 Å². The summed E-state index contributed by atoms with van der Waals surface area (Å²) in [5.41, 5.74) is 6.57. The van der Waals surface area contributed by atoms with Gasteiger partial charge in [0.15, 0.2) is 0 Å². The van der Waals surface area contributed by atoms with E-state index in [2.05, 4.69) is 15.3 Å². The van der Waals surface area contributed by atoms with Gasteiger partial charge in [-0.2, -0.15) is 4.31 Å². The van der Waals surface area contributed by atoms with Crippen LogP contribution in [0.25, 0.3) is 10.2 Å². The highest BCUT2D eigenvalue weighted by Gasteiger charge is 2.28. The van der Waals surface area contributed by atoms with Crippen LogP contribution in [0.5, 0.6) is 5.75 Å². The summed E-state index contributed by atoms with van der Waals surface area (Å²) in [6, 6.07) is 4.05. The van der Waals surface area contributed by atoms with Crippen LogP contribution in [0.3, 0.4) is 0 Å². The average Bonchev–Trinajstić information content (AvgIpc) is 3.07. The fourth-order valence-corrected chi connectivity index (χ4v) is 5.61. The zero-order valence-corrected chi connectivity index (χ0v) is 19.1. The molecule has 0 bridgehead atoms. The number of benzene rings is 1. The van der Waals surface area contributed by atoms with Crippen LogP contribution in [0.1, 0.15) is 28.1 Å². The third-order valence-corrected chi connectivity index (χ3v) is 7.73. The van der Waals surface area contributed by atoms with E-state index in [1.54, 1.807) is 6.92 Å². The largest absolute Gasteiger partial charge is 0.487 e. The van der Waals surface area contributed by atoms with Crippen molar-refractivity contribution in [3.63, 3.8) is 0 Å². The number of hydrogen-bond acceptors (Lipinski definition) is 8. The molecule has 0 spiro atoms. The molecule has 1 amide bonds. The summed E-state index contributed by atoms with van der Waals surface area (Å²) in [5, 5.41) is 3.79. The number of piperidine rings is 1. The number of carbonyl (C=O) groups excluding carboxylic acids is 1. The molecule has 0 aliphatic carbocycles. The molecule has 32 heavy (non-hydrogen) atoms. The smallest absolute Gasteiger partial charge is 0.259 e. The minimum absolute atomic E-state index is 0.193. The molecule has 9 nitrogen and oxygen atoms in total. The summed E-state index contributed by atoms with van der Waals surface area (Å²) in [6.45, 7) is 2.39. The number of nitrogens with one attached hydrogen (secondary N) is 1. The van der Waals surface area contributed by atoms with E-state index in [-0.39, 0.29) is 12.3 Å². The summed E-state index contributed by atoms with van der Waals surface area (Å²) < 4.78 is 45.2. The summed E-state index contributed by atoms with van der Waals surface area (Å²) in [5.74, 6) is -0.374. The molecule has 3 aromatic rings. The van der Waals surface area contributed by atoms with Gasteiger partial charge < -0.3 is 15.8 Å². The SMILES string of the molecule is Cc1c(C(N)=O)sc2ncnc(Nc3ccc(F)cc3O[C@@H]3CCCN(S(C)(=O)=O)C3)c12. The lowest BCUT2D eigenvalue weighted by atomic mass is 10.1. The van der Waals surface area contributed by atoms with Gasteiger partial charge in [0, 0.05) is 12.6 Å². The normalized spacial score (nSPS) is 17.4. The molecule has 12 heteroatoms. The van der Waals surface area contributed by atoms with Crippen LogP contribution in [-0.4, -0.2) is 54.0 Å². The summed E-state index contributed by atoms with van der Waals surface area (Å²) >= 11 is 1.18. The van der Waals surface area contributed by atoms with Gasteiger partial charge in [-0.15, -0.1) is 11.3 Å². The van der Waals surface area contributed by atoms with Crippen LogP contribution in [0.4, 0.5) is 15.9 Å². The van der Waals surface area contributed by atoms with E-state index < -0.39 is 27.9 Å². The van der Waals surface area contributed by atoms with Gasteiger partial charge in [-0.25, -0.2) is 22.8 Å². The first kappa shape index (κ1) is 22.4. The minimum atomic E-state index is -3.34. The fourth-order valence-electron chi connectivity index (χ4n) is 3.71. The Labute approximate surface area is 188 Å². The first-order valence-electron chi connectivity index (χ1n) is 9.85. The lowest BCUT2D eigenvalue weighted by molar-refractivity contribution is 0.100. The number of rotatable bonds is 6. The van der Waals surface area contributed by atoms with Gasteiger partial charge in [-0.05, 0) is 37.5 Å². The van der Waals surface area contributed by atoms with Crippen molar-refractivity contribution in [2.24, 2.45) is 5.73 Å². The Morgan fingerprint density at radius 1 is 1.38 bits per heavy atom. The van der Waals surface area contributed by atoms with Gasteiger partial charge in [0.1, 0.15) is 34.6 Å². The van der Waals surface area contributed by atoms with Crippen molar-refractivity contribution in [3.8, 4) is 5.75 Å². The molecule has 4 rings (SSSR count). The number of halogens is 1. The maximum absolute atomic E-state index is 14.0. The highest BCUT2D eigenvalue weighted by atomic mass is 32.2. The van der Waals surface area contributed by atoms with Crippen molar-refractivity contribution in [1.82, 2.24) is 14.3 Å². The number of hydrogen-bond donors (Lipinski definition) is 2. The van der Waals surface area contributed by atoms with Crippen molar-refractivity contribution in [2.75, 3.05) is 24.7 Å². The molecule has 1 aliphatic heterocycles. The van der Waals surface area contributed by atoms with Gasteiger partial charge in [-0.3, -0.25) is 4.79 Å². The van der Waals surface area contributed by atoms with Crippen LogP contribution >= 0.6 is 11.3 Å². The summed E-state index contributed by atoms with van der Waals surface area (Å²) in [4.78, 5) is 21.2. The van der Waals surface area contributed by atoms with Gasteiger partial charge in [-0.1, -0.05) is 0 Å². The summed E-state index contributed by atoms with van der Waals surface area (Å²) in [6.07, 6.45) is 3.39. The third-order valence-electron chi connectivity index (χ3n) is 5.25. The lowest BCUT2D eigenvalue weighted by Crippen LogP contribution is -2.43. The number of ether oxygens (including phenoxy) is 1. The van der Waals surface area contributed by atoms with Crippen molar-refractivity contribution in [2.45, 2.75) is 25.9 Å². The van der Waals surface area contributed by atoms with E-state index in [9.17, 15) is 17.6 Å². The number of fused-ring (bicyclic) bond motifs is 1. The Kier molecular flexibility index (Phi) is 6.01. The second-order valence-electron chi connectivity index (χ2n) is 7.59. The number of aryl methyl sites for hydroxylation is 1. The Morgan fingerprint density at radius 2 is 2.16 bits per heavy atom. The molecule has 1 aromatic carbocycles. The molecule has 1 fully saturated rings. The maximum atomic E-state index is 14.0. The molecular weight excluding hydrogens is 457 g/mol. The molecule has 0 saturated carbocycles. The molecule has 3 N–H and O–H groups in total. The Bertz CT molecular complexity index is 1290. The zero-order chi connectivity index (χ0) is 23.0. The fraction of sp³-hybridized carbons (Fsp3) is 0.350. The van der Waals surface area contributed by atoms with E-state index in [0.29, 0.717) is 51.5 Å². The number of carbonyl (C=O) groups is 1. The topological polar surface area (TPSA) is 128 Å². The van der Waals surface area contributed by atoms with Crippen molar-refractivity contribution in [3.05, 3.63) is 40.8 Å². The lowest BCUT2D eigenvalue weighted by Gasteiger charge is -2.31. The standard InChI is InChI=1S/C20H22FN5O4S2/c1-11-16-19(23-10-24-20(16)31-17(11)18(22)27)25-14-6-5-12(21)8-15(14)30-13-4-3-7-26(9-13)32(2,28)29/h5-6,8,10,13H,3-4,7,9H2,1-2H3,(H2,22,27)(H,23,24,25)/t13-/m1/s1. The van der Waals surface area contributed by atoms with Gasteiger partial charge >= 0.3 is 0 Å². The Morgan fingerprint density at radius 3 is 2.88 bits per heavy atom. The number of nitrogens with two attached hydrogens (primary N) is 1. The Balaban J connectivity index is 1.66. The van der Waals surface area contributed by atoms with E-state index in [1.165, 1.54) is 40.2 Å². The van der Waals surface area contributed by atoms with E-state index in [1.807, 2.05) is 0 Å². The van der Waals surface area contributed by atoms with E-state index in [4.69, 9.17) is 10.5 Å². The molecular formula is C20H22FN5O4S2. The molecule has 1 saturated heterocycles. The minimum Gasteiger partial charge on any atom is -0.487 e. The van der Waals surface area contributed by atoms with Crippen LogP contribution < -0.4 is 15.8 Å². The highest BCUT2D eigenvalue weighted by Crippen LogP contribution is 2.36. The predicted molar refractivity (Wildman–Crippen MR) is 120 cm³/mol. The highest BCUT2D eigenvalue weighted by molar-refractivity contribution is 7.88. The van der Waals surface area contributed by atoms with Gasteiger partial charge in [0.05, 0.1) is 28.8 Å². The average molecular weight is 480 g/mol. The number of primary amides is 1. The summed E-state index contributed by atoms with van der Waals surface area (Å²) in [7, 11) is -3.34. The van der Waals surface area contributed by atoms with Crippen LogP contribution in [0.15, 0.2) is 24.5 Å². The predicted octanol–water partition coefficient (Wildman–Crippen LogP) is 2.78. The zero-order valence-electron chi connectivity index (χ0n) is 17.5. The number of nitrogens with zero attached hydrogens (tertiary/aromatic N) is 3. The molecule has 3 heterocycles. The molecule has 1 atom stereocenters. The molecule has 170 valence electrons. The number of sulfonamides is 1. The van der Waals surface area contributed by atoms with Crippen molar-refractivity contribution in [1.29, 1.82) is 0 Å². The molecule has 1 aliphatic rings. The number of aromatic nitrogens is 2. The Hall–Kier alpha value is -2.83. The number of thiophene rings is 1. The molecule has 0 radical (unpaired) electrons. The van der Waals surface area contributed by atoms with Gasteiger partial charge in [0.2, 0.25) is 10.0 Å². The second kappa shape index (κ2) is 8.60. The molecule has 2 aromatic heterocycles. The van der Waals surface area contributed by atoms with Gasteiger partial charge in [0.25, 0.3) is 5.91 Å². The van der Waals surface area contributed by atoms with E-state index in [0.717, 1.165) is 6.26 Å². The van der Waals surface area contributed by atoms with Crippen molar-refractivity contribution < 1.29 is 22.3 Å². The van der Waals surface area contributed by atoms with E-state index >= 15 is 0 Å². The van der Waals surface area contributed by atoms with Crippen LogP contribution in [-0.2, 0) is 10.0 Å². The first-order valence-corrected chi connectivity index (χ1v) is 12.5. The quantitative estimate of drug-likeness (QED) is 0.556. The van der Waals surface area contributed by atoms with Crippen molar-refractivity contribution >= 4 is 49.0 Å². The second-order valence-corrected chi connectivity index (χ2v) is 10.6. The monoisotopic (exact) mass is 479 g/mol. The maximum Gasteiger partial charge on any atom is 0.259 e. The number of anilines is 2. The third kappa shape index (κ3) is 4.52.